The highest BCUT2D eigenvalue weighted by Gasteiger charge is 2.44. The van der Waals surface area contributed by atoms with Gasteiger partial charge in [-0.05, 0) is 55.5 Å². The molecule has 4 rings (SSSR count). The highest BCUT2D eigenvalue weighted by atomic mass is 16.6. The number of imidazole rings is 1. The van der Waals surface area contributed by atoms with Crippen LogP contribution in [0.1, 0.15) is 37.5 Å². The molecule has 38 heavy (non-hydrogen) atoms. The van der Waals surface area contributed by atoms with Crippen molar-refractivity contribution in [1.29, 1.82) is 0 Å². The number of benzene rings is 2. The van der Waals surface area contributed by atoms with E-state index in [4.69, 9.17) is 24.4 Å². The number of unbranched alkanes of at least 4 members (excludes halogenated alkanes) is 2. The highest BCUT2D eigenvalue weighted by molar-refractivity contribution is 5.78. The van der Waals surface area contributed by atoms with E-state index in [0.717, 1.165) is 18.4 Å². The molecule has 0 saturated carbocycles. The van der Waals surface area contributed by atoms with Crippen LogP contribution in [0.15, 0.2) is 42.5 Å². The lowest BCUT2D eigenvalue weighted by molar-refractivity contribution is -0.0499. The molecule has 0 amide bonds. The number of anilines is 1. The molecule has 2 heterocycles. The van der Waals surface area contributed by atoms with Gasteiger partial charge in [-0.15, -0.1) is 0 Å². The Hall–Kier alpha value is -2.93. The lowest BCUT2D eigenvalue weighted by atomic mass is 10.1. The molecule has 0 radical (unpaired) electrons. The van der Waals surface area contributed by atoms with Crippen LogP contribution in [-0.2, 0) is 11.3 Å². The Morgan fingerprint density at radius 1 is 0.868 bits per heavy atom. The molecule has 1 aliphatic rings. The maximum atomic E-state index is 10.7. The van der Waals surface area contributed by atoms with Crippen LogP contribution < -0.4 is 14.8 Å². The van der Waals surface area contributed by atoms with Gasteiger partial charge in [0.2, 0.25) is 5.95 Å². The van der Waals surface area contributed by atoms with Crippen molar-refractivity contribution in [2.45, 2.75) is 56.8 Å². The van der Waals surface area contributed by atoms with Crippen LogP contribution in [0.4, 0.5) is 5.95 Å². The zero-order valence-corrected chi connectivity index (χ0v) is 21.3. The third-order valence-corrected chi connectivity index (χ3v) is 6.40. The van der Waals surface area contributed by atoms with E-state index in [1.165, 1.54) is 0 Å². The number of hydrogen-bond acceptors (Lipinski definition) is 10. The van der Waals surface area contributed by atoms with Gasteiger partial charge >= 0.3 is 0 Å². The third-order valence-electron chi connectivity index (χ3n) is 6.40. The van der Waals surface area contributed by atoms with Crippen LogP contribution in [0.25, 0.3) is 11.0 Å². The molecule has 11 heteroatoms. The Morgan fingerprint density at radius 2 is 1.53 bits per heavy atom. The Balaban J connectivity index is 1.56. The highest BCUT2D eigenvalue weighted by Crippen LogP contribution is 2.35. The number of rotatable bonds is 15. The van der Waals surface area contributed by atoms with E-state index in [2.05, 4.69) is 10.3 Å². The molecule has 3 aromatic rings. The summed E-state index contributed by atoms with van der Waals surface area (Å²) in [4.78, 5) is 4.67. The topological polar surface area (TPSA) is 159 Å². The number of aromatic nitrogens is 2. The van der Waals surface area contributed by atoms with Gasteiger partial charge in [0.15, 0.2) is 6.23 Å². The number of ether oxygens (including phenoxy) is 3. The Labute approximate surface area is 221 Å². The summed E-state index contributed by atoms with van der Waals surface area (Å²) in [6.07, 6.45) is -1.58. The molecule has 1 saturated heterocycles. The number of aliphatic hydroxyl groups is 5. The fourth-order valence-corrected chi connectivity index (χ4v) is 4.41. The molecule has 0 unspecified atom stereocenters. The molecule has 0 aliphatic carbocycles. The molecular weight excluding hydrogens is 494 g/mol. The van der Waals surface area contributed by atoms with E-state index >= 15 is 0 Å². The fourth-order valence-electron chi connectivity index (χ4n) is 4.41. The molecule has 1 aliphatic heterocycles. The van der Waals surface area contributed by atoms with Crippen LogP contribution in [0.3, 0.4) is 0 Å². The molecule has 1 fully saturated rings. The Bertz CT molecular complexity index is 1130. The Morgan fingerprint density at radius 3 is 2.13 bits per heavy atom. The van der Waals surface area contributed by atoms with Crippen LogP contribution in [0.5, 0.6) is 11.5 Å². The first kappa shape index (κ1) is 28.1. The summed E-state index contributed by atoms with van der Waals surface area (Å²) < 4.78 is 19.3. The minimum absolute atomic E-state index is 0.114. The molecule has 2 aromatic carbocycles. The van der Waals surface area contributed by atoms with Gasteiger partial charge in [0, 0.05) is 25.8 Å². The quantitative estimate of drug-likeness (QED) is 0.159. The maximum absolute atomic E-state index is 10.7. The summed E-state index contributed by atoms with van der Waals surface area (Å²) in [6.45, 7) is 1.08. The van der Waals surface area contributed by atoms with Crippen LogP contribution in [-0.4, -0.2) is 86.4 Å². The second kappa shape index (κ2) is 13.7. The summed E-state index contributed by atoms with van der Waals surface area (Å²) in [5, 5.41) is 51.9. The zero-order chi connectivity index (χ0) is 26.9. The van der Waals surface area contributed by atoms with Crippen molar-refractivity contribution in [2.24, 2.45) is 0 Å². The average molecular weight is 532 g/mol. The SMILES string of the molecule is OCCCCOc1cc(CNc2nc3ccccc3n2[C@@H]2O[C@H](CO)[C@@H](O)[C@H]2O)cc(OCCCCO)c1. The minimum atomic E-state index is -1.25. The van der Waals surface area contributed by atoms with E-state index in [9.17, 15) is 15.3 Å². The van der Waals surface area contributed by atoms with Crippen molar-refractivity contribution in [3.8, 4) is 11.5 Å². The summed E-state index contributed by atoms with van der Waals surface area (Å²) in [6, 6.07) is 13.0. The van der Waals surface area contributed by atoms with Crippen molar-refractivity contribution in [3.63, 3.8) is 0 Å². The first-order valence-electron chi connectivity index (χ1n) is 13.0. The second-order valence-corrected chi connectivity index (χ2v) is 9.25. The van der Waals surface area contributed by atoms with E-state index in [1.807, 2.05) is 42.5 Å². The number of nitrogens with zero attached hydrogens (tertiary/aromatic N) is 2. The normalized spacial score (nSPS) is 21.2. The fraction of sp³-hybridized carbons (Fsp3) is 0.519. The number of nitrogens with one attached hydrogen (secondary N) is 1. The molecule has 0 bridgehead atoms. The monoisotopic (exact) mass is 531 g/mol. The number of hydrogen-bond donors (Lipinski definition) is 6. The average Bonchev–Trinajstić information content (AvgIpc) is 3.44. The van der Waals surface area contributed by atoms with E-state index in [-0.39, 0.29) is 13.2 Å². The van der Waals surface area contributed by atoms with Crippen molar-refractivity contribution in [3.05, 3.63) is 48.0 Å². The van der Waals surface area contributed by atoms with Crippen LogP contribution in [0.2, 0.25) is 0 Å². The first-order valence-corrected chi connectivity index (χ1v) is 13.0. The van der Waals surface area contributed by atoms with Crippen molar-refractivity contribution in [2.75, 3.05) is 38.4 Å². The van der Waals surface area contributed by atoms with Gasteiger partial charge in [0.25, 0.3) is 0 Å². The van der Waals surface area contributed by atoms with Gasteiger partial charge < -0.3 is 45.1 Å². The predicted octanol–water partition coefficient (Wildman–Crippen LogP) is 1.56. The number of para-hydroxylation sites is 2. The van der Waals surface area contributed by atoms with Gasteiger partial charge in [0.05, 0.1) is 30.9 Å². The van der Waals surface area contributed by atoms with Gasteiger partial charge in [-0.3, -0.25) is 4.57 Å². The molecule has 11 nitrogen and oxygen atoms in total. The molecule has 208 valence electrons. The first-order chi connectivity index (χ1) is 18.5. The summed E-state index contributed by atoms with van der Waals surface area (Å²) in [7, 11) is 0. The summed E-state index contributed by atoms with van der Waals surface area (Å²) >= 11 is 0. The van der Waals surface area contributed by atoms with Gasteiger partial charge in [-0.2, -0.15) is 0 Å². The van der Waals surface area contributed by atoms with E-state index < -0.39 is 31.1 Å². The molecule has 6 N–H and O–H groups in total. The summed E-state index contributed by atoms with van der Waals surface area (Å²) in [5.74, 6) is 1.70. The standard InChI is InChI=1S/C27H37N3O8/c31-9-3-5-11-36-19-13-18(14-20(15-19)37-12-6-4-10-32)16-28-27-29-21-7-1-2-8-22(21)30(27)26-25(35)24(34)23(17-33)38-26/h1-2,7-8,13-15,23-26,31-35H,3-6,9-12,16-17H2,(H,28,29)/t23-,24-,25-,26-/m1/s1. The Kier molecular flexibility index (Phi) is 10.2. The lowest BCUT2D eigenvalue weighted by Gasteiger charge is -2.20. The zero-order valence-electron chi connectivity index (χ0n) is 21.3. The number of aliphatic hydroxyl groups excluding tert-OH is 5. The largest absolute Gasteiger partial charge is 0.493 e. The predicted molar refractivity (Wildman–Crippen MR) is 140 cm³/mol. The van der Waals surface area contributed by atoms with Crippen LogP contribution in [0, 0.1) is 0 Å². The van der Waals surface area contributed by atoms with Crippen molar-refractivity contribution < 1.29 is 39.7 Å². The van der Waals surface area contributed by atoms with E-state index in [1.54, 1.807) is 4.57 Å². The smallest absolute Gasteiger partial charge is 0.206 e. The van der Waals surface area contributed by atoms with Gasteiger partial charge in [-0.1, -0.05) is 12.1 Å². The third kappa shape index (κ3) is 6.73. The molecule has 1 aromatic heterocycles. The number of fused-ring (bicyclic) bond motifs is 1. The summed E-state index contributed by atoms with van der Waals surface area (Å²) in [5.41, 5.74) is 2.25. The second-order valence-electron chi connectivity index (χ2n) is 9.25. The maximum Gasteiger partial charge on any atom is 0.206 e. The van der Waals surface area contributed by atoms with Gasteiger partial charge in [-0.25, -0.2) is 4.98 Å². The molecular formula is C27H37N3O8. The van der Waals surface area contributed by atoms with E-state index in [0.29, 0.717) is 61.1 Å². The van der Waals surface area contributed by atoms with Crippen LogP contribution >= 0.6 is 0 Å². The lowest BCUT2D eigenvalue weighted by Crippen LogP contribution is -2.33. The minimum Gasteiger partial charge on any atom is -0.493 e. The molecule has 4 atom stereocenters. The van der Waals surface area contributed by atoms with Crippen molar-refractivity contribution >= 4 is 17.0 Å². The van der Waals surface area contributed by atoms with Gasteiger partial charge in [0.1, 0.15) is 29.8 Å². The van der Waals surface area contributed by atoms with Crippen molar-refractivity contribution in [1.82, 2.24) is 9.55 Å². The molecule has 0 spiro atoms.